The SMILES string of the molecule is CCC(CC(CC(C)(CC(C)(C)C(=O)OCC1CO1)C(=O)OC)C(=O)OCCO)C(=O)OCCOS(=O)(=O)C1CCC(C)CC1. The second-order valence-electron chi connectivity index (χ2n) is 13.2. The highest BCUT2D eigenvalue weighted by atomic mass is 32.2. The number of carbonyl (C=O) groups excluding carboxylic acids is 4. The normalized spacial score (nSPS) is 22.8. The molecule has 1 aliphatic heterocycles. The maximum atomic E-state index is 13.2. The Morgan fingerprint density at radius 3 is 2.07 bits per heavy atom. The Morgan fingerprint density at radius 2 is 1.51 bits per heavy atom. The van der Waals surface area contributed by atoms with Crippen LogP contribution in [0.25, 0.3) is 0 Å². The van der Waals surface area contributed by atoms with Crippen molar-refractivity contribution in [2.24, 2.45) is 28.6 Å². The van der Waals surface area contributed by atoms with Crippen LogP contribution in [0.3, 0.4) is 0 Å². The molecule has 4 atom stereocenters. The molecule has 2 aliphatic rings. The summed E-state index contributed by atoms with van der Waals surface area (Å²) >= 11 is 0. The number of carbonyl (C=O) groups is 4. The minimum absolute atomic E-state index is 0.0340. The predicted octanol–water partition coefficient (Wildman–Crippen LogP) is 2.95. The summed E-state index contributed by atoms with van der Waals surface area (Å²) in [6.45, 7) is 7.96. The van der Waals surface area contributed by atoms with E-state index >= 15 is 0 Å². The van der Waals surface area contributed by atoms with Crippen molar-refractivity contribution in [3.63, 3.8) is 0 Å². The van der Waals surface area contributed by atoms with E-state index in [1.165, 1.54) is 7.11 Å². The average Bonchev–Trinajstić information content (AvgIpc) is 3.82. The van der Waals surface area contributed by atoms with Crippen LogP contribution in [0.2, 0.25) is 0 Å². The Balaban J connectivity index is 2.09. The second kappa shape index (κ2) is 17.6. The zero-order valence-electron chi connectivity index (χ0n) is 27.5. The lowest BCUT2D eigenvalue weighted by Gasteiger charge is -2.36. The van der Waals surface area contributed by atoms with E-state index in [4.69, 9.17) is 27.9 Å². The Kier molecular flexibility index (Phi) is 15.2. The van der Waals surface area contributed by atoms with Gasteiger partial charge in [0.05, 0.1) is 48.2 Å². The fourth-order valence-corrected chi connectivity index (χ4v) is 7.26. The molecule has 0 spiro atoms. The molecule has 0 aromatic heterocycles. The minimum atomic E-state index is -3.78. The summed E-state index contributed by atoms with van der Waals surface area (Å²) < 4.78 is 56.3. The van der Waals surface area contributed by atoms with Crippen LogP contribution in [0.15, 0.2) is 0 Å². The van der Waals surface area contributed by atoms with Crippen molar-refractivity contribution in [1.82, 2.24) is 0 Å². The molecule has 4 unspecified atom stereocenters. The lowest BCUT2D eigenvalue weighted by molar-refractivity contribution is -0.164. The lowest BCUT2D eigenvalue weighted by Crippen LogP contribution is -2.41. The number of aliphatic hydroxyl groups is 1. The zero-order chi connectivity index (χ0) is 33.8. The number of esters is 4. The molecule has 0 bridgehead atoms. The van der Waals surface area contributed by atoms with Crippen LogP contribution >= 0.6 is 0 Å². The van der Waals surface area contributed by atoms with Gasteiger partial charge in [0.1, 0.15) is 32.5 Å². The highest BCUT2D eigenvalue weighted by Crippen LogP contribution is 2.42. The molecule has 0 aromatic rings. The third-order valence-electron chi connectivity index (χ3n) is 8.57. The zero-order valence-corrected chi connectivity index (χ0v) is 28.4. The molecule has 1 aliphatic carbocycles. The molecule has 260 valence electrons. The summed E-state index contributed by atoms with van der Waals surface area (Å²) in [5.74, 6) is -3.90. The number of aliphatic hydroxyl groups excluding tert-OH is 1. The van der Waals surface area contributed by atoms with E-state index in [1.807, 2.05) is 0 Å². The molecule has 1 saturated heterocycles. The van der Waals surface area contributed by atoms with Gasteiger partial charge in [0, 0.05) is 0 Å². The van der Waals surface area contributed by atoms with Crippen LogP contribution in [0.1, 0.15) is 86.0 Å². The fraction of sp³-hybridized carbons (Fsp3) is 0.871. The molecule has 2 fully saturated rings. The highest BCUT2D eigenvalue weighted by Gasteiger charge is 2.47. The maximum absolute atomic E-state index is 13.2. The van der Waals surface area contributed by atoms with E-state index in [0.717, 1.165) is 12.8 Å². The Morgan fingerprint density at radius 1 is 0.911 bits per heavy atom. The summed E-state index contributed by atoms with van der Waals surface area (Å²) in [6, 6.07) is 0. The molecule has 1 saturated carbocycles. The molecule has 0 aromatic carbocycles. The fourth-order valence-electron chi connectivity index (χ4n) is 5.92. The van der Waals surface area contributed by atoms with Crippen LogP contribution in [-0.4, -0.2) is 95.5 Å². The lowest BCUT2D eigenvalue weighted by atomic mass is 9.68. The number of hydrogen-bond acceptors (Lipinski definition) is 13. The summed E-state index contributed by atoms with van der Waals surface area (Å²) in [7, 11) is -2.58. The van der Waals surface area contributed by atoms with Crippen LogP contribution in [0, 0.1) is 28.6 Å². The van der Waals surface area contributed by atoms with Gasteiger partial charge in [-0.1, -0.05) is 13.8 Å². The van der Waals surface area contributed by atoms with Crippen LogP contribution < -0.4 is 0 Å². The molecule has 2 rings (SSSR count). The molecule has 45 heavy (non-hydrogen) atoms. The number of ether oxygens (including phenoxy) is 5. The topological polar surface area (TPSA) is 181 Å². The quantitative estimate of drug-likeness (QED) is 0.0660. The first-order chi connectivity index (χ1) is 21.1. The maximum Gasteiger partial charge on any atom is 0.311 e. The van der Waals surface area contributed by atoms with Gasteiger partial charge in [0.2, 0.25) is 0 Å². The Bertz CT molecular complexity index is 1090. The molecule has 1 heterocycles. The van der Waals surface area contributed by atoms with Gasteiger partial charge >= 0.3 is 23.9 Å². The number of hydrogen-bond donors (Lipinski definition) is 1. The highest BCUT2D eigenvalue weighted by molar-refractivity contribution is 7.87. The first-order valence-electron chi connectivity index (χ1n) is 15.8. The van der Waals surface area contributed by atoms with Crippen molar-refractivity contribution in [3.8, 4) is 0 Å². The predicted molar refractivity (Wildman–Crippen MR) is 161 cm³/mol. The van der Waals surface area contributed by atoms with Crippen LogP contribution in [0.4, 0.5) is 0 Å². The standard InChI is InChI=1S/C31H52O13S/c1-7-22(26(33)41-14-15-44-45(37,38)25-10-8-21(2)9-11-25)16-23(27(34)40-13-12-32)17-31(5,29(36)39-6)20-30(3,4)28(35)43-19-24-18-42-24/h21-25,32H,7-20H2,1-6H3. The van der Waals surface area contributed by atoms with E-state index < -0.39 is 68.5 Å². The smallest absolute Gasteiger partial charge is 0.311 e. The number of epoxide rings is 1. The van der Waals surface area contributed by atoms with E-state index in [-0.39, 0.29) is 58.2 Å². The molecule has 1 N–H and O–H groups in total. The minimum Gasteiger partial charge on any atom is -0.469 e. The summed E-state index contributed by atoms with van der Waals surface area (Å²) in [6.07, 6.45) is 2.62. The van der Waals surface area contributed by atoms with E-state index in [9.17, 15) is 32.7 Å². The number of rotatable bonds is 20. The van der Waals surface area contributed by atoms with Gasteiger partial charge in [-0.3, -0.25) is 23.4 Å². The van der Waals surface area contributed by atoms with Crippen molar-refractivity contribution >= 4 is 34.0 Å². The summed E-state index contributed by atoms with van der Waals surface area (Å²) in [5, 5.41) is 8.64. The van der Waals surface area contributed by atoms with Gasteiger partial charge in [-0.25, -0.2) is 0 Å². The van der Waals surface area contributed by atoms with Gasteiger partial charge < -0.3 is 28.8 Å². The molecule has 0 radical (unpaired) electrons. The van der Waals surface area contributed by atoms with Crippen molar-refractivity contribution in [1.29, 1.82) is 0 Å². The van der Waals surface area contributed by atoms with Gasteiger partial charge in [-0.2, -0.15) is 8.42 Å². The molecule has 14 heteroatoms. The third kappa shape index (κ3) is 12.4. The summed E-state index contributed by atoms with van der Waals surface area (Å²) in [4.78, 5) is 52.2. The summed E-state index contributed by atoms with van der Waals surface area (Å²) in [5.41, 5.74) is -2.51. The van der Waals surface area contributed by atoms with Gasteiger partial charge in [-0.05, 0) is 78.1 Å². The third-order valence-corrected chi connectivity index (χ3v) is 10.4. The monoisotopic (exact) mass is 664 g/mol. The van der Waals surface area contributed by atoms with Gasteiger partial charge in [-0.15, -0.1) is 0 Å². The average molecular weight is 665 g/mol. The van der Waals surface area contributed by atoms with Crippen LogP contribution in [0.5, 0.6) is 0 Å². The van der Waals surface area contributed by atoms with E-state index in [2.05, 4.69) is 6.92 Å². The van der Waals surface area contributed by atoms with E-state index in [0.29, 0.717) is 25.4 Å². The van der Waals surface area contributed by atoms with Crippen molar-refractivity contribution in [2.45, 2.75) is 97.3 Å². The Labute approximate surface area is 267 Å². The molecule has 0 amide bonds. The number of methoxy groups -OCH3 is 1. The molecular formula is C31H52O13S. The largest absolute Gasteiger partial charge is 0.469 e. The van der Waals surface area contributed by atoms with Gasteiger partial charge in [0.25, 0.3) is 10.1 Å². The van der Waals surface area contributed by atoms with Gasteiger partial charge in [0.15, 0.2) is 0 Å². The molecular weight excluding hydrogens is 612 g/mol. The van der Waals surface area contributed by atoms with E-state index in [1.54, 1.807) is 27.7 Å². The van der Waals surface area contributed by atoms with Crippen molar-refractivity contribution in [3.05, 3.63) is 0 Å². The van der Waals surface area contributed by atoms with Crippen LogP contribution in [-0.2, 0) is 57.2 Å². The first-order valence-corrected chi connectivity index (χ1v) is 17.2. The first kappa shape index (κ1) is 38.9. The van der Waals surface area contributed by atoms with Crippen molar-refractivity contribution in [2.75, 3.05) is 46.8 Å². The molecule has 13 nitrogen and oxygen atoms in total. The second-order valence-corrected chi connectivity index (χ2v) is 15.1. The Hall–Kier alpha value is -2.29. The van der Waals surface area contributed by atoms with Crippen molar-refractivity contribution < 1.29 is 60.6 Å².